The highest BCUT2D eigenvalue weighted by Crippen LogP contribution is 2.40. The van der Waals surface area contributed by atoms with Crippen molar-refractivity contribution in [3.05, 3.63) is 35.6 Å². The van der Waals surface area contributed by atoms with Crippen molar-refractivity contribution < 1.29 is 9.18 Å². The molecule has 3 rings (SSSR count). The Morgan fingerprint density at radius 2 is 1.78 bits per heavy atom. The zero-order chi connectivity index (χ0) is 12.6. The van der Waals surface area contributed by atoms with E-state index in [4.69, 9.17) is 0 Å². The van der Waals surface area contributed by atoms with Crippen LogP contribution in [-0.2, 0) is 10.3 Å². The van der Waals surface area contributed by atoms with Crippen molar-refractivity contribution in [2.24, 2.45) is 5.92 Å². The number of hydrogen-bond acceptors (Lipinski definition) is 1. The van der Waals surface area contributed by atoms with Gasteiger partial charge in [-0.25, -0.2) is 4.39 Å². The maximum absolute atomic E-state index is 13.0. The molecule has 1 N–H and O–H groups in total. The monoisotopic (exact) mass is 247 g/mol. The van der Waals surface area contributed by atoms with Crippen LogP contribution in [0.15, 0.2) is 24.3 Å². The summed E-state index contributed by atoms with van der Waals surface area (Å²) in [6.45, 7) is 0. The van der Waals surface area contributed by atoms with Gasteiger partial charge in [0.1, 0.15) is 5.82 Å². The molecule has 2 aliphatic carbocycles. The molecule has 0 saturated heterocycles. The van der Waals surface area contributed by atoms with E-state index in [1.807, 2.05) is 12.1 Å². The summed E-state index contributed by atoms with van der Waals surface area (Å²) < 4.78 is 13.0. The van der Waals surface area contributed by atoms with Gasteiger partial charge in [0, 0.05) is 5.92 Å². The molecule has 0 unspecified atom stereocenters. The van der Waals surface area contributed by atoms with Gasteiger partial charge in [0.2, 0.25) is 5.91 Å². The second-order valence-electron chi connectivity index (χ2n) is 5.56. The van der Waals surface area contributed by atoms with Crippen LogP contribution in [0.25, 0.3) is 0 Å². The van der Waals surface area contributed by atoms with Gasteiger partial charge in [0.05, 0.1) is 5.54 Å². The standard InChI is InChI=1S/C15H18FNO/c16-13-7-5-12(6-8-13)15(9-1-2-10-15)17-14(18)11-3-4-11/h5-8,11H,1-4,9-10H2,(H,17,18). The number of rotatable bonds is 3. The van der Waals surface area contributed by atoms with Gasteiger partial charge in [0.25, 0.3) is 0 Å². The molecule has 3 heteroatoms. The van der Waals surface area contributed by atoms with Crippen LogP contribution in [-0.4, -0.2) is 5.91 Å². The normalized spacial score (nSPS) is 21.8. The van der Waals surface area contributed by atoms with E-state index in [1.54, 1.807) is 0 Å². The molecule has 2 saturated carbocycles. The fourth-order valence-corrected chi connectivity index (χ4v) is 2.92. The second kappa shape index (κ2) is 4.38. The molecule has 0 aromatic heterocycles. The molecular weight excluding hydrogens is 229 g/mol. The maximum atomic E-state index is 13.0. The predicted octanol–water partition coefficient (Wildman–Crippen LogP) is 3.12. The number of hydrogen-bond donors (Lipinski definition) is 1. The van der Waals surface area contributed by atoms with E-state index in [-0.39, 0.29) is 23.2 Å². The number of nitrogens with one attached hydrogen (secondary N) is 1. The third-order valence-electron chi connectivity index (χ3n) is 4.16. The highest BCUT2D eigenvalue weighted by Gasteiger charge is 2.40. The van der Waals surface area contributed by atoms with Gasteiger partial charge in [-0.1, -0.05) is 25.0 Å². The molecule has 96 valence electrons. The largest absolute Gasteiger partial charge is 0.346 e. The van der Waals surface area contributed by atoms with Gasteiger partial charge in [-0.2, -0.15) is 0 Å². The summed E-state index contributed by atoms with van der Waals surface area (Å²) in [5.41, 5.74) is 0.809. The van der Waals surface area contributed by atoms with Crippen LogP contribution in [0.3, 0.4) is 0 Å². The minimum absolute atomic E-state index is 0.182. The number of amides is 1. The molecule has 1 aromatic carbocycles. The summed E-state index contributed by atoms with van der Waals surface area (Å²) >= 11 is 0. The van der Waals surface area contributed by atoms with E-state index in [2.05, 4.69) is 5.32 Å². The molecule has 0 heterocycles. The zero-order valence-corrected chi connectivity index (χ0v) is 10.4. The predicted molar refractivity (Wildman–Crippen MR) is 67.4 cm³/mol. The van der Waals surface area contributed by atoms with Gasteiger partial charge in [-0.15, -0.1) is 0 Å². The van der Waals surface area contributed by atoms with E-state index in [1.165, 1.54) is 12.1 Å². The molecule has 0 spiro atoms. The average Bonchev–Trinajstić information content (AvgIpc) is 3.12. The Bertz CT molecular complexity index is 444. The Kier molecular flexibility index (Phi) is 2.84. The Morgan fingerprint density at radius 3 is 2.33 bits per heavy atom. The van der Waals surface area contributed by atoms with Gasteiger partial charge in [-0.3, -0.25) is 4.79 Å². The van der Waals surface area contributed by atoms with Gasteiger partial charge in [-0.05, 0) is 43.4 Å². The highest BCUT2D eigenvalue weighted by atomic mass is 19.1. The van der Waals surface area contributed by atoms with Gasteiger partial charge < -0.3 is 5.32 Å². The van der Waals surface area contributed by atoms with Crippen LogP contribution in [0.2, 0.25) is 0 Å². The van der Waals surface area contributed by atoms with E-state index < -0.39 is 0 Å². The first-order valence-electron chi connectivity index (χ1n) is 6.78. The fraction of sp³-hybridized carbons (Fsp3) is 0.533. The third-order valence-corrected chi connectivity index (χ3v) is 4.16. The molecule has 0 atom stereocenters. The number of benzene rings is 1. The Balaban J connectivity index is 1.85. The molecule has 2 fully saturated rings. The third kappa shape index (κ3) is 2.14. The summed E-state index contributed by atoms with van der Waals surface area (Å²) in [5.74, 6) is 0.185. The van der Waals surface area contributed by atoms with Crippen LogP contribution in [0.4, 0.5) is 4.39 Å². The van der Waals surface area contributed by atoms with Crippen LogP contribution < -0.4 is 5.32 Å². The number of halogens is 1. The van der Waals surface area contributed by atoms with Crippen LogP contribution in [0, 0.1) is 11.7 Å². The van der Waals surface area contributed by atoms with Crippen molar-refractivity contribution in [3.63, 3.8) is 0 Å². The van der Waals surface area contributed by atoms with Crippen molar-refractivity contribution in [1.82, 2.24) is 5.32 Å². The fourth-order valence-electron chi connectivity index (χ4n) is 2.92. The smallest absolute Gasteiger partial charge is 0.223 e. The quantitative estimate of drug-likeness (QED) is 0.873. The van der Waals surface area contributed by atoms with Gasteiger partial charge in [0.15, 0.2) is 0 Å². The summed E-state index contributed by atoms with van der Waals surface area (Å²) in [6, 6.07) is 6.60. The molecule has 18 heavy (non-hydrogen) atoms. The number of carbonyl (C=O) groups is 1. The Labute approximate surface area is 107 Å². The minimum atomic E-state index is -0.243. The highest BCUT2D eigenvalue weighted by molar-refractivity contribution is 5.81. The number of carbonyl (C=O) groups excluding carboxylic acids is 1. The molecule has 2 nitrogen and oxygen atoms in total. The molecule has 0 radical (unpaired) electrons. The lowest BCUT2D eigenvalue weighted by Crippen LogP contribution is -2.44. The summed E-state index contributed by atoms with van der Waals surface area (Å²) in [5, 5.41) is 3.23. The molecule has 1 amide bonds. The molecule has 0 aliphatic heterocycles. The van der Waals surface area contributed by atoms with E-state index in [9.17, 15) is 9.18 Å². The first-order valence-corrected chi connectivity index (χ1v) is 6.78. The first-order chi connectivity index (χ1) is 8.70. The molecule has 0 bridgehead atoms. The van der Waals surface area contributed by atoms with Crippen LogP contribution in [0.5, 0.6) is 0 Å². The van der Waals surface area contributed by atoms with Crippen molar-refractivity contribution in [2.45, 2.75) is 44.1 Å². The summed E-state index contributed by atoms with van der Waals surface area (Å²) in [6.07, 6.45) is 6.23. The van der Waals surface area contributed by atoms with E-state index >= 15 is 0 Å². The van der Waals surface area contributed by atoms with Crippen LogP contribution in [0.1, 0.15) is 44.1 Å². The van der Waals surface area contributed by atoms with Crippen molar-refractivity contribution in [3.8, 4) is 0 Å². The first kappa shape index (κ1) is 11.7. The lowest BCUT2D eigenvalue weighted by atomic mass is 9.88. The molecule has 1 aromatic rings. The molecular formula is C15H18FNO. The zero-order valence-electron chi connectivity index (χ0n) is 10.4. The van der Waals surface area contributed by atoms with Crippen LogP contribution >= 0.6 is 0 Å². The van der Waals surface area contributed by atoms with E-state index in [0.717, 1.165) is 44.1 Å². The second-order valence-corrected chi connectivity index (χ2v) is 5.56. The van der Waals surface area contributed by atoms with Gasteiger partial charge >= 0.3 is 0 Å². The average molecular weight is 247 g/mol. The van der Waals surface area contributed by atoms with Crippen molar-refractivity contribution in [2.75, 3.05) is 0 Å². The summed E-state index contributed by atoms with van der Waals surface area (Å²) in [7, 11) is 0. The maximum Gasteiger partial charge on any atom is 0.223 e. The van der Waals surface area contributed by atoms with Crippen molar-refractivity contribution >= 4 is 5.91 Å². The minimum Gasteiger partial charge on any atom is -0.346 e. The SMILES string of the molecule is O=C(NC1(c2ccc(F)cc2)CCCC1)C1CC1. The summed E-state index contributed by atoms with van der Waals surface area (Å²) in [4.78, 5) is 12.0. The Hall–Kier alpha value is -1.38. The lowest BCUT2D eigenvalue weighted by Gasteiger charge is -2.31. The Morgan fingerprint density at radius 1 is 1.17 bits per heavy atom. The van der Waals surface area contributed by atoms with E-state index in [0.29, 0.717) is 0 Å². The molecule has 2 aliphatic rings. The van der Waals surface area contributed by atoms with Crippen molar-refractivity contribution in [1.29, 1.82) is 0 Å². The lowest BCUT2D eigenvalue weighted by molar-refractivity contribution is -0.124. The topological polar surface area (TPSA) is 29.1 Å².